The zero-order valence-electron chi connectivity index (χ0n) is 17.2. The number of methoxy groups -OCH3 is 1. The number of amides is 1. The topological polar surface area (TPSA) is 71.5 Å². The molecule has 3 rings (SSSR count). The Kier molecular flexibility index (Phi) is 7.37. The maximum atomic E-state index is 13.8. The molecule has 2 N–H and O–H groups in total. The summed E-state index contributed by atoms with van der Waals surface area (Å²) >= 11 is 0. The molecule has 166 valence electrons. The number of benzene rings is 1. The number of aromatic hydroxyl groups is 1. The van der Waals surface area contributed by atoms with Gasteiger partial charge in [0.2, 0.25) is 5.91 Å². The third-order valence-electron chi connectivity index (χ3n) is 5.74. The maximum Gasteiger partial charge on any atom is 0.395 e. The predicted octanol–water partition coefficient (Wildman–Crippen LogP) is 3.60. The number of rotatable bonds is 10. The summed E-state index contributed by atoms with van der Waals surface area (Å²) in [5.74, 6) is -1.19. The maximum absolute atomic E-state index is 13.8. The van der Waals surface area contributed by atoms with Crippen molar-refractivity contribution in [3.63, 3.8) is 0 Å². The summed E-state index contributed by atoms with van der Waals surface area (Å²) in [5, 5.41) is 12.1. The van der Waals surface area contributed by atoms with E-state index in [4.69, 9.17) is 4.74 Å². The molecule has 5 nitrogen and oxygen atoms in total. The van der Waals surface area contributed by atoms with Crippen molar-refractivity contribution >= 4 is 15.4 Å². The lowest BCUT2D eigenvalue weighted by Gasteiger charge is -2.29. The monoisotopic (exact) mass is 450 g/mol. The molecule has 1 aliphatic rings. The predicted molar refractivity (Wildman–Crippen MR) is 111 cm³/mol. The molecule has 1 saturated carbocycles. The van der Waals surface area contributed by atoms with E-state index in [1.54, 1.807) is 31.4 Å². The van der Waals surface area contributed by atoms with Gasteiger partial charge in [-0.25, -0.2) is 0 Å². The van der Waals surface area contributed by atoms with Crippen molar-refractivity contribution < 1.29 is 27.8 Å². The van der Waals surface area contributed by atoms with Crippen molar-refractivity contribution in [1.82, 2.24) is 10.3 Å². The van der Waals surface area contributed by atoms with Gasteiger partial charge in [0, 0.05) is 38.4 Å². The van der Waals surface area contributed by atoms with E-state index in [1.807, 2.05) is 12.1 Å². The third-order valence-corrected chi connectivity index (χ3v) is 7.24. The number of pyridine rings is 1. The van der Waals surface area contributed by atoms with E-state index >= 15 is 0 Å². The number of phenolic OH excluding ortho intramolecular Hbond substituents is 1. The molecular formula is C22H25F3N2O3Si. The summed E-state index contributed by atoms with van der Waals surface area (Å²) in [7, 11) is 1.89. The minimum absolute atomic E-state index is 0.0258. The molecule has 2 atom stereocenters. The van der Waals surface area contributed by atoms with Gasteiger partial charge in [0.05, 0.1) is 20.7 Å². The molecule has 1 aliphatic carbocycles. The van der Waals surface area contributed by atoms with E-state index in [1.165, 1.54) is 12.4 Å². The van der Waals surface area contributed by atoms with Gasteiger partial charge in [-0.3, -0.25) is 9.78 Å². The first-order chi connectivity index (χ1) is 14.7. The Labute approximate surface area is 181 Å². The SMILES string of the molecule is CO[C@H](CNC(=O)CC(c1cccnc1)C1(C(F)(F)F)CC1)[Si]Cc1ccc(O)cc1. The lowest BCUT2D eigenvalue weighted by molar-refractivity contribution is -0.194. The molecule has 1 unspecified atom stereocenters. The van der Waals surface area contributed by atoms with E-state index in [0.717, 1.165) is 5.56 Å². The fourth-order valence-corrected chi connectivity index (χ4v) is 4.84. The van der Waals surface area contributed by atoms with Crippen LogP contribution in [0.4, 0.5) is 13.2 Å². The minimum atomic E-state index is -4.37. The fourth-order valence-electron chi connectivity index (χ4n) is 3.73. The molecular weight excluding hydrogens is 425 g/mol. The van der Waals surface area contributed by atoms with Crippen LogP contribution < -0.4 is 5.32 Å². The Morgan fingerprint density at radius 2 is 2.00 bits per heavy atom. The summed E-state index contributed by atoms with van der Waals surface area (Å²) < 4.78 is 46.7. The Hall–Kier alpha value is -2.39. The number of alkyl halides is 3. The second-order valence-electron chi connectivity index (χ2n) is 7.77. The number of hydrogen-bond donors (Lipinski definition) is 2. The first-order valence-electron chi connectivity index (χ1n) is 10.0. The number of carbonyl (C=O) groups is 1. The number of halogens is 3. The average Bonchev–Trinajstić information content (AvgIpc) is 3.56. The molecule has 2 aromatic rings. The first-order valence-corrected chi connectivity index (χ1v) is 11.3. The van der Waals surface area contributed by atoms with Crippen molar-refractivity contribution in [2.75, 3.05) is 13.7 Å². The molecule has 1 heterocycles. The van der Waals surface area contributed by atoms with Crippen molar-refractivity contribution in [3.8, 4) is 5.75 Å². The first kappa shape index (κ1) is 23.3. The van der Waals surface area contributed by atoms with Gasteiger partial charge in [0.15, 0.2) is 0 Å². The van der Waals surface area contributed by atoms with E-state index < -0.39 is 23.4 Å². The summed E-state index contributed by atoms with van der Waals surface area (Å²) in [6.07, 6.45) is -1.64. The number of hydrogen-bond acceptors (Lipinski definition) is 4. The number of nitrogens with zero attached hydrogens (tertiary/aromatic N) is 1. The quantitative estimate of drug-likeness (QED) is 0.543. The molecule has 31 heavy (non-hydrogen) atoms. The van der Waals surface area contributed by atoms with Crippen molar-refractivity contribution in [3.05, 3.63) is 59.9 Å². The summed E-state index contributed by atoms with van der Waals surface area (Å²) in [4.78, 5) is 16.5. The Morgan fingerprint density at radius 1 is 1.29 bits per heavy atom. The number of aromatic nitrogens is 1. The molecule has 1 aromatic carbocycles. The smallest absolute Gasteiger partial charge is 0.395 e. The van der Waals surface area contributed by atoms with E-state index in [2.05, 4.69) is 10.3 Å². The van der Waals surface area contributed by atoms with Gasteiger partial charge in [0.25, 0.3) is 0 Å². The highest BCUT2D eigenvalue weighted by Crippen LogP contribution is 2.66. The Balaban J connectivity index is 1.58. The average molecular weight is 451 g/mol. The van der Waals surface area contributed by atoms with Crippen LogP contribution in [0.1, 0.15) is 36.3 Å². The Morgan fingerprint density at radius 3 is 2.55 bits per heavy atom. The highest BCUT2D eigenvalue weighted by atomic mass is 28.2. The highest BCUT2D eigenvalue weighted by Gasteiger charge is 2.67. The van der Waals surface area contributed by atoms with Crippen LogP contribution in [0.5, 0.6) is 5.75 Å². The fraction of sp³-hybridized carbons (Fsp3) is 0.455. The molecule has 1 fully saturated rings. The summed E-state index contributed by atoms with van der Waals surface area (Å²) in [5.41, 5.74) is -0.631. The van der Waals surface area contributed by atoms with Crippen LogP contribution in [-0.4, -0.2) is 51.1 Å². The van der Waals surface area contributed by atoms with Gasteiger partial charge in [-0.05, 0) is 42.6 Å². The number of ether oxygens (including phenoxy) is 1. The minimum Gasteiger partial charge on any atom is -0.508 e. The summed E-state index contributed by atoms with van der Waals surface area (Å²) in [6.45, 7) is 0.227. The van der Waals surface area contributed by atoms with Gasteiger partial charge in [0.1, 0.15) is 5.75 Å². The van der Waals surface area contributed by atoms with Gasteiger partial charge < -0.3 is 15.2 Å². The lowest BCUT2D eigenvalue weighted by atomic mass is 9.80. The van der Waals surface area contributed by atoms with Gasteiger partial charge in [-0.2, -0.15) is 13.2 Å². The molecule has 9 heteroatoms. The number of carbonyl (C=O) groups excluding carboxylic acids is 1. The zero-order valence-corrected chi connectivity index (χ0v) is 18.2. The third kappa shape index (κ3) is 5.85. The standard InChI is InChI=1S/C22H25F3N2O3Si/c1-30-20(31-14-15-4-6-17(28)7-5-15)13-27-19(29)11-18(16-3-2-10-26-12-16)21(8-9-21)22(23,24)25/h2-7,10,12,18,20,28H,8-9,11,13-14H2,1H3,(H,27,29)/t18?,20-/m0/s1. The highest BCUT2D eigenvalue weighted by molar-refractivity contribution is 6.36. The second-order valence-corrected chi connectivity index (χ2v) is 9.18. The molecule has 0 spiro atoms. The molecule has 2 radical (unpaired) electrons. The van der Waals surface area contributed by atoms with Gasteiger partial charge in [-0.1, -0.05) is 23.8 Å². The van der Waals surface area contributed by atoms with Crippen molar-refractivity contribution in [2.24, 2.45) is 5.41 Å². The van der Waals surface area contributed by atoms with Crippen LogP contribution in [0.2, 0.25) is 0 Å². The van der Waals surface area contributed by atoms with Crippen LogP contribution >= 0.6 is 0 Å². The van der Waals surface area contributed by atoms with Crippen LogP contribution in [-0.2, 0) is 15.6 Å². The van der Waals surface area contributed by atoms with Crippen LogP contribution in [0, 0.1) is 5.41 Å². The molecule has 1 amide bonds. The number of phenols is 1. The Bertz CT molecular complexity index is 859. The van der Waals surface area contributed by atoms with Crippen LogP contribution in [0.3, 0.4) is 0 Å². The van der Waals surface area contributed by atoms with Crippen molar-refractivity contribution in [1.29, 1.82) is 0 Å². The molecule has 0 saturated heterocycles. The molecule has 0 aliphatic heterocycles. The number of nitrogens with one attached hydrogen (secondary N) is 1. The lowest BCUT2D eigenvalue weighted by Crippen LogP contribution is -2.39. The van der Waals surface area contributed by atoms with E-state index in [9.17, 15) is 23.1 Å². The largest absolute Gasteiger partial charge is 0.508 e. The summed E-state index contributed by atoms with van der Waals surface area (Å²) in [6, 6.07) is 10.8. The molecule has 0 bridgehead atoms. The van der Waals surface area contributed by atoms with Crippen LogP contribution in [0.25, 0.3) is 0 Å². The van der Waals surface area contributed by atoms with Gasteiger partial charge in [-0.15, -0.1) is 0 Å². The second kappa shape index (κ2) is 9.82. The molecule has 1 aromatic heterocycles. The van der Waals surface area contributed by atoms with E-state index in [-0.39, 0.29) is 37.3 Å². The zero-order chi connectivity index (χ0) is 22.5. The van der Waals surface area contributed by atoms with E-state index in [0.29, 0.717) is 21.1 Å². The van der Waals surface area contributed by atoms with Gasteiger partial charge >= 0.3 is 6.18 Å². The van der Waals surface area contributed by atoms with Crippen LogP contribution in [0.15, 0.2) is 48.8 Å². The van der Waals surface area contributed by atoms with Crippen molar-refractivity contribution in [2.45, 2.75) is 43.1 Å². The normalized spacial score (nSPS) is 17.0.